The molecule has 2 heterocycles. The van der Waals surface area contributed by atoms with E-state index in [-0.39, 0.29) is 5.78 Å². The van der Waals surface area contributed by atoms with Crippen LogP contribution in [0.1, 0.15) is 31.4 Å². The Bertz CT molecular complexity index is 387. The van der Waals surface area contributed by atoms with Crippen LogP contribution in [0.15, 0.2) is 10.7 Å². The molecule has 17 heavy (non-hydrogen) atoms. The van der Waals surface area contributed by atoms with Crippen molar-refractivity contribution in [2.75, 3.05) is 20.1 Å². The third-order valence-corrected chi connectivity index (χ3v) is 3.21. The third kappa shape index (κ3) is 3.66. The standard InChI is InChI=1S/C13H20N2O2/c1-10(16)6-12-9-17-13(14-12)7-11-4-3-5-15(2)8-11/h9,11H,3-8H2,1-2H3. The molecule has 4 nitrogen and oxygen atoms in total. The van der Waals surface area contributed by atoms with Crippen LogP contribution in [-0.2, 0) is 17.6 Å². The van der Waals surface area contributed by atoms with Gasteiger partial charge in [-0.3, -0.25) is 4.79 Å². The Morgan fingerprint density at radius 1 is 1.65 bits per heavy atom. The largest absolute Gasteiger partial charge is 0.449 e. The highest BCUT2D eigenvalue weighted by Crippen LogP contribution is 2.19. The lowest BCUT2D eigenvalue weighted by molar-refractivity contribution is -0.116. The zero-order chi connectivity index (χ0) is 12.3. The highest BCUT2D eigenvalue weighted by Gasteiger charge is 2.19. The molecule has 1 aliphatic rings. The van der Waals surface area contributed by atoms with Crippen molar-refractivity contribution in [3.8, 4) is 0 Å². The number of likely N-dealkylation sites (tertiary alicyclic amines) is 1. The number of oxazole rings is 1. The molecule has 0 spiro atoms. The maximum absolute atomic E-state index is 11.0. The van der Waals surface area contributed by atoms with Gasteiger partial charge in [-0.15, -0.1) is 0 Å². The molecule has 1 unspecified atom stereocenters. The van der Waals surface area contributed by atoms with Gasteiger partial charge in [0.2, 0.25) is 0 Å². The summed E-state index contributed by atoms with van der Waals surface area (Å²) in [5.41, 5.74) is 0.761. The first-order valence-corrected chi connectivity index (χ1v) is 6.24. The molecule has 0 aromatic carbocycles. The van der Waals surface area contributed by atoms with Gasteiger partial charge in [-0.2, -0.15) is 0 Å². The number of ketones is 1. The van der Waals surface area contributed by atoms with E-state index < -0.39 is 0 Å². The fourth-order valence-corrected chi connectivity index (χ4v) is 2.47. The second-order valence-electron chi connectivity index (χ2n) is 5.09. The van der Waals surface area contributed by atoms with Gasteiger partial charge in [0.1, 0.15) is 12.0 Å². The Hall–Kier alpha value is -1.16. The summed E-state index contributed by atoms with van der Waals surface area (Å²) >= 11 is 0. The summed E-state index contributed by atoms with van der Waals surface area (Å²) in [7, 11) is 2.16. The quantitative estimate of drug-likeness (QED) is 0.798. The number of hydrogen-bond acceptors (Lipinski definition) is 4. The van der Waals surface area contributed by atoms with Crippen molar-refractivity contribution >= 4 is 5.78 Å². The molecule has 1 aliphatic heterocycles. The van der Waals surface area contributed by atoms with E-state index in [1.807, 2.05) is 0 Å². The molecule has 0 amide bonds. The van der Waals surface area contributed by atoms with Crippen molar-refractivity contribution in [2.45, 2.75) is 32.6 Å². The summed E-state index contributed by atoms with van der Waals surface area (Å²) in [6.07, 6.45) is 5.39. The first-order valence-electron chi connectivity index (χ1n) is 6.24. The number of hydrogen-bond donors (Lipinski definition) is 0. The minimum absolute atomic E-state index is 0.127. The monoisotopic (exact) mass is 236 g/mol. The van der Waals surface area contributed by atoms with Crippen molar-refractivity contribution in [2.24, 2.45) is 5.92 Å². The van der Waals surface area contributed by atoms with Crippen LogP contribution < -0.4 is 0 Å². The SMILES string of the molecule is CC(=O)Cc1coc(CC2CCCN(C)C2)n1. The molecule has 1 saturated heterocycles. The van der Waals surface area contributed by atoms with Crippen molar-refractivity contribution in [3.63, 3.8) is 0 Å². The van der Waals surface area contributed by atoms with E-state index >= 15 is 0 Å². The molecule has 2 rings (SSSR count). The highest BCUT2D eigenvalue weighted by molar-refractivity contribution is 5.77. The summed E-state index contributed by atoms with van der Waals surface area (Å²) in [4.78, 5) is 17.7. The second kappa shape index (κ2) is 5.45. The van der Waals surface area contributed by atoms with Crippen LogP contribution >= 0.6 is 0 Å². The summed E-state index contributed by atoms with van der Waals surface area (Å²) in [5, 5.41) is 0. The van der Waals surface area contributed by atoms with E-state index in [0.717, 1.165) is 24.6 Å². The third-order valence-electron chi connectivity index (χ3n) is 3.21. The molecule has 0 saturated carbocycles. The predicted octanol–water partition coefficient (Wildman–Crippen LogP) is 1.69. The van der Waals surface area contributed by atoms with E-state index in [9.17, 15) is 4.79 Å². The minimum Gasteiger partial charge on any atom is -0.449 e. The van der Waals surface area contributed by atoms with Crippen molar-refractivity contribution in [3.05, 3.63) is 17.8 Å². The number of piperidine rings is 1. The number of carbonyl (C=O) groups excluding carboxylic acids is 1. The van der Waals surface area contributed by atoms with Gasteiger partial charge in [-0.25, -0.2) is 4.98 Å². The Kier molecular flexibility index (Phi) is 3.94. The molecule has 1 aromatic heterocycles. The number of aromatic nitrogens is 1. The topological polar surface area (TPSA) is 46.3 Å². The molecule has 0 aliphatic carbocycles. The highest BCUT2D eigenvalue weighted by atomic mass is 16.3. The van der Waals surface area contributed by atoms with E-state index in [1.54, 1.807) is 13.2 Å². The molecule has 1 atom stereocenters. The Morgan fingerprint density at radius 2 is 2.47 bits per heavy atom. The summed E-state index contributed by atoms with van der Waals surface area (Å²) in [6, 6.07) is 0. The van der Waals surface area contributed by atoms with Crippen LogP contribution in [-0.4, -0.2) is 35.8 Å². The van der Waals surface area contributed by atoms with Crippen molar-refractivity contribution in [1.82, 2.24) is 9.88 Å². The molecule has 94 valence electrons. The van der Waals surface area contributed by atoms with E-state index in [4.69, 9.17) is 4.42 Å². The fraction of sp³-hybridized carbons (Fsp3) is 0.692. The summed E-state index contributed by atoms with van der Waals surface area (Å²) in [5.74, 6) is 1.54. The van der Waals surface area contributed by atoms with Gasteiger partial charge in [-0.05, 0) is 39.3 Å². The van der Waals surface area contributed by atoms with Gasteiger partial charge in [0.05, 0.1) is 12.1 Å². The average molecular weight is 236 g/mol. The fourth-order valence-electron chi connectivity index (χ4n) is 2.47. The van der Waals surface area contributed by atoms with Crippen LogP contribution in [0.3, 0.4) is 0 Å². The van der Waals surface area contributed by atoms with Crippen LogP contribution in [0, 0.1) is 5.92 Å². The summed E-state index contributed by atoms with van der Waals surface area (Å²) < 4.78 is 5.42. The number of Topliss-reactive ketones (excluding diaryl/α,β-unsaturated/α-hetero) is 1. The number of carbonyl (C=O) groups is 1. The molecular weight excluding hydrogens is 216 g/mol. The Balaban J connectivity index is 1.89. The van der Waals surface area contributed by atoms with Crippen molar-refractivity contribution in [1.29, 1.82) is 0 Å². The molecular formula is C13H20N2O2. The number of nitrogens with zero attached hydrogens (tertiary/aromatic N) is 2. The van der Waals surface area contributed by atoms with Gasteiger partial charge < -0.3 is 9.32 Å². The molecule has 1 aromatic rings. The van der Waals surface area contributed by atoms with Crippen LogP contribution in [0.4, 0.5) is 0 Å². The van der Waals surface area contributed by atoms with Crippen LogP contribution in [0.5, 0.6) is 0 Å². The molecule has 0 radical (unpaired) electrons. The van der Waals surface area contributed by atoms with Gasteiger partial charge in [0.15, 0.2) is 5.89 Å². The molecule has 1 fully saturated rings. The lowest BCUT2D eigenvalue weighted by atomic mass is 9.95. The smallest absolute Gasteiger partial charge is 0.194 e. The normalized spacial score (nSPS) is 21.6. The first kappa shape index (κ1) is 12.3. The lowest BCUT2D eigenvalue weighted by Gasteiger charge is -2.28. The van der Waals surface area contributed by atoms with E-state index in [0.29, 0.717) is 12.3 Å². The van der Waals surface area contributed by atoms with Gasteiger partial charge in [-0.1, -0.05) is 0 Å². The molecule has 4 heteroatoms. The zero-order valence-electron chi connectivity index (χ0n) is 10.6. The van der Waals surface area contributed by atoms with Crippen molar-refractivity contribution < 1.29 is 9.21 Å². The minimum atomic E-state index is 0.127. The molecule has 0 N–H and O–H groups in total. The maximum atomic E-state index is 11.0. The number of rotatable bonds is 4. The first-order chi connectivity index (χ1) is 8.13. The summed E-state index contributed by atoms with van der Waals surface area (Å²) in [6.45, 7) is 3.88. The van der Waals surface area contributed by atoms with E-state index in [2.05, 4.69) is 16.9 Å². The second-order valence-corrected chi connectivity index (χ2v) is 5.09. The van der Waals surface area contributed by atoms with Gasteiger partial charge >= 0.3 is 0 Å². The van der Waals surface area contributed by atoms with E-state index in [1.165, 1.54) is 19.4 Å². The van der Waals surface area contributed by atoms with Gasteiger partial charge in [0, 0.05) is 13.0 Å². The van der Waals surface area contributed by atoms with Gasteiger partial charge in [0.25, 0.3) is 0 Å². The predicted molar refractivity (Wildman–Crippen MR) is 64.8 cm³/mol. The Morgan fingerprint density at radius 3 is 3.18 bits per heavy atom. The average Bonchev–Trinajstić information content (AvgIpc) is 2.64. The van der Waals surface area contributed by atoms with Crippen LogP contribution in [0.25, 0.3) is 0 Å². The lowest BCUT2D eigenvalue weighted by Crippen LogP contribution is -2.33. The van der Waals surface area contributed by atoms with Crippen LogP contribution in [0.2, 0.25) is 0 Å². The zero-order valence-corrected chi connectivity index (χ0v) is 10.6. The Labute approximate surface area is 102 Å². The molecule has 0 bridgehead atoms. The maximum Gasteiger partial charge on any atom is 0.194 e.